The van der Waals surface area contributed by atoms with Gasteiger partial charge in [-0.15, -0.1) is 0 Å². The van der Waals surface area contributed by atoms with Crippen LogP contribution in [-0.4, -0.2) is 35.3 Å². The van der Waals surface area contributed by atoms with Crippen molar-refractivity contribution in [2.75, 3.05) is 13.1 Å². The predicted molar refractivity (Wildman–Crippen MR) is 83.4 cm³/mol. The van der Waals surface area contributed by atoms with Crippen LogP contribution in [0.15, 0.2) is 54.6 Å². The molecule has 0 atom stereocenters. The first kappa shape index (κ1) is 16.3. The summed E-state index contributed by atoms with van der Waals surface area (Å²) in [6.45, 7) is -0.0548. The first-order chi connectivity index (χ1) is 11.1. The number of para-hydroxylation sites is 2. The van der Waals surface area contributed by atoms with Crippen molar-refractivity contribution in [2.24, 2.45) is 5.73 Å². The molecule has 7 heteroatoms. The van der Waals surface area contributed by atoms with Gasteiger partial charge in [0.15, 0.2) is 0 Å². The minimum absolute atomic E-state index is 0.0410. The quantitative estimate of drug-likeness (QED) is 0.560. The monoisotopic (exact) mass is 315 g/mol. The third-order valence-electron chi connectivity index (χ3n) is 2.95. The first-order valence-corrected chi connectivity index (χ1v) is 6.94. The Morgan fingerprint density at radius 2 is 1.74 bits per heavy atom. The number of nitrogens with one attached hydrogen (secondary N) is 1. The number of hydrogen-bond acceptors (Lipinski definition) is 4. The van der Waals surface area contributed by atoms with Crippen LogP contribution in [0.2, 0.25) is 0 Å². The zero-order valence-electron chi connectivity index (χ0n) is 12.3. The largest absolute Gasteiger partial charge is 0.457 e. The molecule has 2 rings (SSSR count). The summed E-state index contributed by atoms with van der Waals surface area (Å²) in [7, 11) is 0. The highest BCUT2D eigenvalue weighted by Gasteiger charge is 2.18. The lowest BCUT2D eigenvalue weighted by atomic mass is 10.2. The molecule has 0 radical (unpaired) electrons. The molecule has 120 valence electrons. The molecule has 2 aromatic rings. The second-order valence-electron chi connectivity index (χ2n) is 4.63. The van der Waals surface area contributed by atoms with E-state index in [0.717, 1.165) is 0 Å². The van der Waals surface area contributed by atoms with Crippen molar-refractivity contribution in [3.8, 4) is 11.5 Å². The fourth-order valence-electron chi connectivity index (χ4n) is 1.87. The van der Waals surface area contributed by atoms with E-state index in [1.54, 1.807) is 36.4 Å². The van der Waals surface area contributed by atoms with Crippen molar-refractivity contribution in [1.82, 2.24) is 10.4 Å². The van der Waals surface area contributed by atoms with Crippen LogP contribution in [0.1, 0.15) is 10.4 Å². The Bertz CT molecular complexity index is 676. The number of primary amides is 1. The maximum absolute atomic E-state index is 12.3. The Hall–Kier alpha value is -3.06. The number of carbonyl (C=O) groups is 2. The summed E-state index contributed by atoms with van der Waals surface area (Å²) in [5.41, 5.74) is 5.13. The molecule has 0 aliphatic rings. The van der Waals surface area contributed by atoms with Gasteiger partial charge >= 0.3 is 6.03 Å². The van der Waals surface area contributed by atoms with E-state index in [9.17, 15) is 14.8 Å². The fourth-order valence-corrected chi connectivity index (χ4v) is 1.87. The summed E-state index contributed by atoms with van der Waals surface area (Å²) >= 11 is 0. The lowest BCUT2D eigenvalue weighted by Crippen LogP contribution is -2.38. The summed E-state index contributed by atoms with van der Waals surface area (Å²) in [4.78, 5) is 22.9. The number of urea groups is 1. The van der Waals surface area contributed by atoms with Crippen LogP contribution in [0.25, 0.3) is 0 Å². The number of rotatable bonds is 6. The average Bonchev–Trinajstić information content (AvgIpc) is 2.55. The predicted octanol–water partition coefficient (Wildman–Crippen LogP) is 1.98. The van der Waals surface area contributed by atoms with Crippen LogP contribution in [0.3, 0.4) is 0 Å². The Morgan fingerprint density at radius 3 is 2.43 bits per heavy atom. The fraction of sp³-hybridized carbons (Fsp3) is 0.125. The molecular formula is C16H17N3O4. The lowest BCUT2D eigenvalue weighted by Gasteiger charge is -2.17. The zero-order valence-corrected chi connectivity index (χ0v) is 12.3. The molecule has 0 unspecified atom stereocenters. The number of hydrogen-bond donors (Lipinski definition) is 3. The van der Waals surface area contributed by atoms with Crippen LogP contribution in [-0.2, 0) is 0 Å². The summed E-state index contributed by atoms with van der Waals surface area (Å²) in [5.74, 6) is 0.265. The Balaban J connectivity index is 2.09. The molecule has 0 saturated carbocycles. The zero-order chi connectivity index (χ0) is 16.7. The molecule has 0 aromatic heterocycles. The van der Waals surface area contributed by atoms with Crippen molar-refractivity contribution in [1.29, 1.82) is 0 Å². The number of ether oxygens (including phenoxy) is 1. The van der Waals surface area contributed by atoms with Crippen molar-refractivity contribution in [3.63, 3.8) is 0 Å². The molecule has 3 amide bonds. The summed E-state index contributed by atoms with van der Waals surface area (Å²) in [5, 5.41) is 12.6. The molecule has 23 heavy (non-hydrogen) atoms. The third-order valence-corrected chi connectivity index (χ3v) is 2.95. The van der Waals surface area contributed by atoms with E-state index in [0.29, 0.717) is 16.6 Å². The summed E-state index contributed by atoms with van der Waals surface area (Å²) in [6, 6.07) is 14.8. The van der Waals surface area contributed by atoms with E-state index in [2.05, 4.69) is 5.32 Å². The van der Waals surface area contributed by atoms with E-state index in [1.165, 1.54) is 0 Å². The van der Waals surface area contributed by atoms with Crippen molar-refractivity contribution >= 4 is 11.9 Å². The van der Waals surface area contributed by atoms with Gasteiger partial charge in [-0.2, -0.15) is 0 Å². The molecule has 0 saturated heterocycles. The Kier molecular flexibility index (Phi) is 5.54. The second kappa shape index (κ2) is 7.81. The van der Waals surface area contributed by atoms with Crippen molar-refractivity contribution in [2.45, 2.75) is 0 Å². The van der Waals surface area contributed by atoms with Crippen LogP contribution < -0.4 is 15.8 Å². The van der Waals surface area contributed by atoms with Crippen LogP contribution >= 0.6 is 0 Å². The molecule has 0 spiro atoms. The van der Waals surface area contributed by atoms with Crippen molar-refractivity contribution in [3.05, 3.63) is 60.2 Å². The molecule has 0 aliphatic heterocycles. The molecule has 2 aromatic carbocycles. The second-order valence-corrected chi connectivity index (χ2v) is 4.63. The number of amides is 3. The number of carbonyl (C=O) groups excluding carboxylic acids is 2. The minimum Gasteiger partial charge on any atom is -0.457 e. The highest BCUT2D eigenvalue weighted by atomic mass is 16.5. The average molecular weight is 315 g/mol. The Labute approximate surface area is 133 Å². The molecule has 0 heterocycles. The molecule has 7 nitrogen and oxygen atoms in total. The maximum Gasteiger partial charge on any atom is 0.312 e. The number of nitrogens with zero attached hydrogens (tertiary/aromatic N) is 1. The number of nitrogens with two attached hydrogens (primary N) is 1. The molecule has 0 aliphatic carbocycles. The van der Waals surface area contributed by atoms with Gasteiger partial charge in [-0.1, -0.05) is 30.3 Å². The van der Waals surface area contributed by atoms with E-state index in [4.69, 9.17) is 10.5 Å². The first-order valence-electron chi connectivity index (χ1n) is 6.94. The molecule has 0 fully saturated rings. The molecule has 0 bridgehead atoms. The van der Waals surface area contributed by atoms with Gasteiger partial charge in [-0.25, -0.2) is 9.86 Å². The van der Waals surface area contributed by atoms with Crippen LogP contribution in [0.4, 0.5) is 4.79 Å². The van der Waals surface area contributed by atoms with Gasteiger partial charge in [0.2, 0.25) is 0 Å². The lowest BCUT2D eigenvalue weighted by molar-refractivity contribution is -0.0566. The summed E-state index contributed by atoms with van der Waals surface area (Å²) in [6.07, 6.45) is 0. The Morgan fingerprint density at radius 1 is 1.09 bits per heavy atom. The number of hydroxylamine groups is 2. The highest BCUT2D eigenvalue weighted by Crippen LogP contribution is 2.25. The molecular weight excluding hydrogens is 298 g/mol. The van der Waals surface area contributed by atoms with Crippen LogP contribution in [0, 0.1) is 0 Å². The maximum atomic E-state index is 12.3. The van der Waals surface area contributed by atoms with E-state index in [1.807, 2.05) is 18.2 Å². The van der Waals surface area contributed by atoms with Gasteiger partial charge < -0.3 is 15.8 Å². The normalized spacial score (nSPS) is 9.96. The smallest absolute Gasteiger partial charge is 0.312 e. The minimum atomic E-state index is -0.723. The third kappa shape index (κ3) is 4.72. The topological polar surface area (TPSA) is 105 Å². The summed E-state index contributed by atoms with van der Waals surface area (Å²) < 4.78 is 5.68. The van der Waals surface area contributed by atoms with E-state index < -0.39 is 11.9 Å². The van der Waals surface area contributed by atoms with Crippen LogP contribution in [0.5, 0.6) is 11.5 Å². The SMILES string of the molecule is NC(=O)NCCN(O)C(=O)c1ccccc1Oc1ccccc1. The van der Waals surface area contributed by atoms with E-state index in [-0.39, 0.29) is 18.7 Å². The van der Waals surface area contributed by atoms with Gasteiger partial charge in [-0.05, 0) is 24.3 Å². The highest BCUT2D eigenvalue weighted by molar-refractivity contribution is 5.96. The van der Waals surface area contributed by atoms with E-state index >= 15 is 0 Å². The standard InChI is InChI=1S/C16H17N3O4/c17-16(21)18-10-11-19(22)15(20)13-8-4-5-9-14(13)23-12-6-2-1-3-7-12/h1-9,22H,10-11H2,(H3,17,18,21). The van der Waals surface area contributed by atoms with Crippen molar-refractivity contribution < 1.29 is 19.5 Å². The van der Waals surface area contributed by atoms with Gasteiger partial charge in [-0.3, -0.25) is 10.0 Å². The van der Waals surface area contributed by atoms with Gasteiger partial charge in [0, 0.05) is 6.54 Å². The molecule has 4 N–H and O–H groups in total. The van der Waals surface area contributed by atoms with Gasteiger partial charge in [0.05, 0.1) is 12.1 Å². The van der Waals surface area contributed by atoms with Gasteiger partial charge in [0.1, 0.15) is 11.5 Å². The number of benzene rings is 2. The van der Waals surface area contributed by atoms with Gasteiger partial charge in [0.25, 0.3) is 5.91 Å².